The first-order valence-corrected chi connectivity index (χ1v) is 8.59. The van der Waals surface area contributed by atoms with Crippen LogP contribution in [0, 0.1) is 13.8 Å². The molecule has 5 nitrogen and oxygen atoms in total. The highest BCUT2D eigenvalue weighted by Crippen LogP contribution is 2.29. The number of carbonyl (C=O) groups is 1. The van der Waals surface area contributed by atoms with Gasteiger partial charge in [0.25, 0.3) is 5.91 Å². The Bertz CT molecular complexity index is 1020. The molecule has 146 valence electrons. The van der Waals surface area contributed by atoms with E-state index in [-0.39, 0.29) is 12.2 Å². The zero-order chi connectivity index (χ0) is 20.5. The zero-order valence-electron chi connectivity index (χ0n) is 15.6. The molecule has 28 heavy (non-hydrogen) atoms. The molecule has 1 N–H and O–H groups in total. The number of benzene rings is 1. The van der Waals surface area contributed by atoms with E-state index in [9.17, 15) is 18.0 Å². The molecule has 0 radical (unpaired) electrons. The topological polar surface area (TPSA) is 59.8 Å². The van der Waals surface area contributed by atoms with Gasteiger partial charge in [-0.25, -0.2) is 4.98 Å². The van der Waals surface area contributed by atoms with Crippen molar-refractivity contribution in [3.8, 4) is 11.3 Å². The Labute approximate surface area is 160 Å². The summed E-state index contributed by atoms with van der Waals surface area (Å²) >= 11 is 0. The average Bonchev–Trinajstić information content (AvgIpc) is 2.91. The first-order chi connectivity index (χ1) is 13.2. The van der Waals surface area contributed by atoms with E-state index in [1.165, 1.54) is 12.1 Å². The van der Waals surface area contributed by atoms with E-state index in [2.05, 4.69) is 15.4 Å². The lowest BCUT2D eigenvalue weighted by molar-refractivity contribution is -0.137. The smallest absolute Gasteiger partial charge is 0.347 e. The minimum Gasteiger partial charge on any atom is -0.347 e. The number of rotatable bonds is 4. The van der Waals surface area contributed by atoms with Crippen molar-refractivity contribution >= 4 is 5.91 Å². The van der Waals surface area contributed by atoms with Gasteiger partial charge in [0, 0.05) is 24.8 Å². The molecular formula is C20H19F3N4O. The fourth-order valence-corrected chi connectivity index (χ4v) is 2.98. The van der Waals surface area contributed by atoms with Crippen molar-refractivity contribution in [2.45, 2.75) is 26.6 Å². The third kappa shape index (κ3) is 4.05. The van der Waals surface area contributed by atoms with Crippen LogP contribution in [0.2, 0.25) is 0 Å². The number of nitrogens with one attached hydrogen (secondary N) is 1. The van der Waals surface area contributed by atoms with Gasteiger partial charge >= 0.3 is 6.18 Å². The molecule has 0 saturated carbocycles. The maximum atomic E-state index is 12.8. The van der Waals surface area contributed by atoms with Gasteiger partial charge in [0.2, 0.25) is 0 Å². The van der Waals surface area contributed by atoms with Crippen molar-refractivity contribution in [1.29, 1.82) is 0 Å². The molecule has 3 rings (SSSR count). The largest absolute Gasteiger partial charge is 0.416 e. The van der Waals surface area contributed by atoms with Gasteiger partial charge in [-0.15, -0.1) is 0 Å². The van der Waals surface area contributed by atoms with Gasteiger partial charge in [-0.3, -0.25) is 9.48 Å². The van der Waals surface area contributed by atoms with E-state index in [1.54, 1.807) is 22.9 Å². The van der Waals surface area contributed by atoms with Crippen molar-refractivity contribution in [3.05, 3.63) is 70.7 Å². The van der Waals surface area contributed by atoms with Crippen LogP contribution in [0.3, 0.4) is 0 Å². The first kappa shape index (κ1) is 19.6. The van der Waals surface area contributed by atoms with E-state index in [1.807, 2.05) is 20.9 Å². The number of aryl methyl sites for hydroxylation is 2. The quantitative estimate of drug-likeness (QED) is 0.734. The summed E-state index contributed by atoms with van der Waals surface area (Å²) in [6, 6.07) is 9.93. The molecule has 3 aromatic rings. The van der Waals surface area contributed by atoms with Crippen LogP contribution in [0.15, 0.2) is 42.5 Å². The Hall–Kier alpha value is -3.16. The third-order valence-corrected chi connectivity index (χ3v) is 4.45. The number of amides is 1. The minimum atomic E-state index is -4.42. The minimum absolute atomic E-state index is 0.0282. The average molecular weight is 388 g/mol. The number of alkyl halides is 3. The Morgan fingerprint density at radius 2 is 1.86 bits per heavy atom. The predicted octanol–water partition coefficient (Wildman–Crippen LogP) is 4.05. The van der Waals surface area contributed by atoms with Crippen molar-refractivity contribution in [2.24, 2.45) is 7.05 Å². The van der Waals surface area contributed by atoms with Gasteiger partial charge in [-0.2, -0.15) is 18.3 Å². The number of carbonyl (C=O) groups excluding carboxylic acids is 1. The summed E-state index contributed by atoms with van der Waals surface area (Å²) in [5.74, 6) is -0.460. The maximum absolute atomic E-state index is 12.8. The van der Waals surface area contributed by atoms with E-state index >= 15 is 0 Å². The van der Waals surface area contributed by atoms with E-state index in [4.69, 9.17) is 0 Å². The third-order valence-electron chi connectivity index (χ3n) is 4.45. The first-order valence-electron chi connectivity index (χ1n) is 8.59. The molecule has 0 fully saturated rings. The molecule has 0 bridgehead atoms. The highest BCUT2D eigenvalue weighted by molar-refractivity contribution is 5.92. The molecule has 0 atom stereocenters. The Morgan fingerprint density at radius 1 is 1.14 bits per heavy atom. The van der Waals surface area contributed by atoms with E-state index < -0.39 is 17.6 Å². The second-order valence-electron chi connectivity index (χ2n) is 6.46. The van der Waals surface area contributed by atoms with Gasteiger partial charge < -0.3 is 5.32 Å². The molecule has 8 heteroatoms. The number of hydrogen-bond acceptors (Lipinski definition) is 3. The maximum Gasteiger partial charge on any atom is 0.416 e. The number of aromatic nitrogens is 3. The fourth-order valence-electron chi connectivity index (χ4n) is 2.98. The highest BCUT2D eigenvalue weighted by atomic mass is 19.4. The molecule has 2 heterocycles. The summed E-state index contributed by atoms with van der Waals surface area (Å²) in [7, 11) is 1.83. The Morgan fingerprint density at radius 3 is 2.50 bits per heavy atom. The summed E-state index contributed by atoms with van der Waals surface area (Å²) in [4.78, 5) is 16.8. The molecule has 0 unspecified atom stereocenters. The lowest BCUT2D eigenvalue weighted by Gasteiger charge is -2.10. The molecule has 1 amide bonds. The van der Waals surface area contributed by atoms with Crippen molar-refractivity contribution in [3.63, 3.8) is 0 Å². The predicted molar refractivity (Wildman–Crippen MR) is 98.5 cm³/mol. The number of pyridine rings is 1. The second-order valence-corrected chi connectivity index (χ2v) is 6.46. The molecular weight excluding hydrogens is 369 g/mol. The fraction of sp³-hybridized carbons (Fsp3) is 0.250. The zero-order valence-corrected chi connectivity index (χ0v) is 15.6. The second kappa shape index (κ2) is 7.46. The monoisotopic (exact) mass is 388 g/mol. The molecule has 0 aliphatic rings. The normalized spacial score (nSPS) is 11.5. The standard InChI is InChI=1S/C20H19F3N4O/c1-12-18(13(2)27(3)26-12)16-8-5-9-17(25-16)19(28)24-11-14-6-4-7-15(10-14)20(21,22)23/h4-10H,11H2,1-3H3,(H,24,28). The van der Waals surface area contributed by atoms with Crippen molar-refractivity contribution in [2.75, 3.05) is 0 Å². The van der Waals surface area contributed by atoms with Crippen LogP contribution in [-0.4, -0.2) is 20.7 Å². The van der Waals surface area contributed by atoms with E-state index in [0.717, 1.165) is 29.1 Å². The van der Waals surface area contributed by atoms with Crippen LogP contribution in [0.1, 0.15) is 33.0 Å². The summed E-state index contributed by atoms with van der Waals surface area (Å²) in [6.07, 6.45) is -4.42. The van der Waals surface area contributed by atoms with Crippen LogP contribution in [-0.2, 0) is 19.8 Å². The lowest BCUT2D eigenvalue weighted by atomic mass is 10.1. The number of hydrogen-bond donors (Lipinski definition) is 1. The number of nitrogens with zero attached hydrogens (tertiary/aromatic N) is 3. The van der Waals surface area contributed by atoms with Crippen LogP contribution in [0.25, 0.3) is 11.3 Å². The summed E-state index contributed by atoms with van der Waals surface area (Å²) in [5, 5.41) is 6.97. The van der Waals surface area contributed by atoms with Crippen LogP contribution in [0.5, 0.6) is 0 Å². The van der Waals surface area contributed by atoms with Gasteiger partial charge in [0.05, 0.1) is 17.0 Å². The molecule has 0 spiro atoms. The molecule has 1 aromatic carbocycles. The van der Waals surface area contributed by atoms with Gasteiger partial charge in [0.15, 0.2) is 0 Å². The van der Waals surface area contributed by atoms with Crippen LogP contribution in [0.4, 0.5) is 13.2 Å². The summed E-state index contributed by atoms with van der Waals surface area (Å²) < 4.78 is 40.1. The molecule has 0 aliphatic heterocycles. The Kier molecular flexibility index (Phi) is 5.22. The number of halogens is 3. The lowest BCUT2D eigenvalue weighted by Crippen LogP contribution is -2.24. The Balaban J connectivity index is 1.77. The highest BCUT2D eigenvalue weighted by Gasteiger charge is 2.30. The summed E-state index contributed by atoms with van der Waals surface area (Å²) in [6.45, 7) is 3.75. The van der Waals surface area contributed by atoms with Crippen LogP contribution < -0.4 is 5.32 Å². The molecule has 2 aromatic heterocycles. The van der Waals surface area contributed by atoms with Gasteiger partial charge in [0.1, 0.15) is 5.69 Å². The van der Waals surface area contributed by atoms with E-state index in [0.29, 0.717) is 11.3 Å². The molecule has 0 saturated heterocycles. The van der Waals surface area contributed by atoms with Gasteiger partial charge in [-0.1, -0.05) is 18.2 Å². The van der Waals surface area contributed by atoms with Crippen molar-refractivity contribution < 1.29 is 18.0 Å². The SMILES string of the molecule is Cc1nn(C)c(C)c1-c1cccc(C(=O)NCc2cccc(C(F)(F)F)c2)n1. The molecule has 0 aliphatic carbocycles. The summed E-state index contributed by atoms with van der Waals surface area (Å²) in [5.41, 5.74) is 3.00. The van der Waals surface area contributed by atoms with Crippen molar-refractivity contribution in [1.82, 2.24) is 20.1 Å². The van der Waals surface area contributed by atoms with Crippen LogP contribution >= 0.6 is 0 Å². The van der Waals surface area contributed by atoms with Gasteiger partial charge in [-0.05, 0) is 43.7 Å².